The minimum atomic E-state index is -0.304. The quantitative estimate of drug-likeness (QED) is 0.758. The molecule has 5 rings (SSSR count). The molecule has 3 aliphatic rings. The molecule has 0 radical (unpaired) electrons. The van der Waals surface area contributed by atoms with Gasteiger partial charge < -0.3 is 14.5 Å². The van der Waals surface area contributed by atoms with Gasteiger partial charge in [0.1, 0.15) is 12.4 Å². The maximum atomic E-state index is 14.8. The summed E-state index contributed by atoms with van der Waals surface area (Å²) in [5, 5.41) is 0. The molecule has 1 saturated carbocycles. The highest BCUT2D eigenvalue weighted by atomic mass is 19.1. The molecule has 2 aliphatic heterocycles. The van der Waals surface area contributed by atoms with Gasteiger partial charge in [0.05, 0.1) is 6.54 Å². The van der Waals surface area contributed by atoms with E-state index in [0.717, 1.165) is 41.9 Å². The highest BCUT2D eigenvalue weighted by molar-refractivity contribution is 5.71. The van der Waals surface area contributed by atoms with E-state index in [1.807, 2.05) is 36.4 Å². The highest BCUT2D eigenvalue weighted by Gasteiger charge is 2.40. The first-order chi connectivity index (χ1) is 13.7. The first-order valence-corrected chi connectivity index (χ1v) is 10.2. The number of anilines is 1. The Labute approximate surface area is 164 Å². The second kappa shape index (κ2) is 7.12. The Morgan fingerprint density at radius 1 is 1.11 bits per heavy atom. The van der Waals surface area contributed by atoms with E-state index in [9.17, 15) is 9.18 Å². The molecule has 2 heterocycles. The third-order valence-corrected chi connectivity index (χ3v) is 6.51. The predicted octanol–water partition coefficient (Wildman–Crippen LogP) is 4.68. The molecule has 0 bridgehead atoms. The van der Waals surface area contributed by atoms with Crippen LogP contribution >= 0.6 is 0 Å². The molecular formula is C23H25FN2O2. The van der Waals surface area contributed by atoms with Crippen molar-refractivity contribution >= 4 is 11.8 Å². The van der Waals surface area contributed by atoms with Crippen LogP contribution in [0.1, 0.15) is 41.9 Å². The molecule has 2 aromatic carbocycles. The van der Waals surface area contributed by atoms with Crippen molar-refractivity contribution in [3.05, 3.63) is 65.0 Å². The fourth-order valence-electron chi connectivity index (χ4n) is 5.19. The number of benzene rings is 2. The lowest BCUT2D eigenvalue weighted by Gasteiger charge is -2.38. The molecular weight excluding hydrogens is 355 g/mol. The first kappa shape index (κ1) is 17.5. The molecule has 4 nitrogen and oxygen atoms in total. The van der Waals surface area contributed by atoms with Gasteiger partial charge in [-0.15, -0.1) is 0 Å². The van der Waals surface area contributed by atoms with Crippen LogP contribution in [0.4, 0.5) is 14.9 Å². The molecule has 1 amide bonds. The maximum Gasteiger partial charge on any atom is 0.410 e. The van der Waals surface area contributed by atoms with Gasteiger partial charge in [-0.1, -0.05) is 42.8 Å². The van der Waals surface area contributed by atoms with Crippen molar-refractivity contribution in [2.75, 3.05) is 24.5 Å². The molecule has 28 heavy (non-hydrogen) atoms. The van der Waals surface area contributed by atoms with Crippen LogP contribution in [0.25, 0.3) is 0 Å². The zero-order valence-electron chi connectivity index (χ0n) is 15.9. The Hall–Kier alpha value is -2.56. The minimum Gasteiger partial charge on any atom is -0.445 e. The van der Waals surface area contributed by atoms with E-state index in [1.54, 1.807) is 11.0 Å². The number of carbonyl (C=O) groups excluding carboxylic acids is 1. The number of carbonyl (C=O) groups is 1. The van der Waals surface area contributed by atoms with Crippen LogP contribution in [-0.4, -0.2) is 30.6 Å². The van der Waals surface area contributed by atoms with Gasteiger partial charge in [-0.25, -0.2) is 9.18 Å². The second-order valence-corrected chi connectivity index (χ2v) is 8.17. The van der Waals surface area contributed by atoms with Gasteiger partial charge in [0, 0.05) is 30.9 Å². The highest BCUT2D eigenvalue weighted by Crippen LogP contribution is 2.50. The lowest BCUT2D eigenvalue weighted by atomic mass is 9.82. The molecule has 1 aliphatic carbocycles. The molecule has 0 aromatic heterocycles. The van der Waals surface area contributed by atoms with Crippen LogP contribution in [0.2, 0.25) is 0 Å². The van der Waals surface area contributed by atoms with Gasteiger partial charge in [-0.3, -0.25) is 0 Å². The normalized spacial score (nSPS) is 23.0. The van der Waals surface area contributed by atoms with Crippen molar-refractivity contribution < 1.29 is 13.9 Å². The van der Waals surface area contributed by atoms with Gasteiger partial charge in [0.15, 0.2) is 0 Å². The number of ether oxygens (including phenoxy) is 1. The summed E-state index contributed by atoms with van der Waals surface area (Å²) >= 11 is 0. The fraction of sp³-hybridized carbons (Fsp3) is 0.435. The summed E-state index contributed by atoms with van der Waals surface area (Å²) in [6, 6.07) is 13.1. The summed E-state index contributed by atoms with van der Waals surface area (Å²) in [5.74, 6) is 0.789. The summed E-state index contributed by atoms with van der Waals surface area (Å²) in [4.78, 5) is 16.8. The predicted molar refractivity (Wildman–Crippen MR) is 106 cm³/mol. The number of halogens is 1. The minimum absolute atomic E-state index is 0.0829. The number of nitrogens with zero attached hydrogens (tertiary/aromatic N) is 2. The van der Waals surface area contributed by atoms with Crippen LogP contribution in [0.5, 0.6) is 0 Å². The molecule has 2 unspecified atom stereocenters. The second-order valence-electron chi connectivity index (χ2n) is 8.17. The zero-order valence-corrected chi connectivity index (χ0v) is 15.9. The number of amides is 1. The van der Waals surface area contributed by atoms with E-state index in [-0.39, 0.29) is 18.5 Å². The number of hydrogen-bond donors (Lipinski definition) is 0. The van der Waals surface area contributed by atoms with Crippen molar-refractivity contribution in [3.8, 4) is 0 Å². The summed E-state index contributed by atoms with van der Waals surface area (Å²) in [6.45, 7) is 3.05. The Morgan fingerprint density at radius 2 is 1.96 bits per heavy atom. The molecule has 0 spiro atoms. The van der Waals surface area contributed by atoms with Gasteiger partial charge >= 0.3 is 6.09 Å². The number of rotatable bonds is 2. The van der Waals surface area contributed by atoms with E-state index in [2.05, 4.69) is 4.90 Å². The lowest BCUT2D eigenvalue weighted by molar-refractivity contribution is 0.0953. The van der Waals surface area contributed by atoms with Gasteiger partial charge in [-0.2, -0.15) is 0 Å². The van der Waals surface area contributed by atoms with Crippen LogP contribution in [0.3, 0.4) is 0 Å². The third-order valence-electron chi connectivity index (χ3n) is 6.51. The number of hydrogen-bond acceptors (Lipinski definition) is 3. The molecule has 146 valence electrons. The monoisotopic (exact) mass is 380 g/mol. The average molecular weight is 380 g/mol. The topological polar surface area (TPSA) is 32.8 Å². The summed E-state index contributed by atoms with van der Waals surface area (Å²) < 4.78 is 20.3. The number of fused-ring (bicyclic) bond motifs is 2. The Balaban J connectivity index is 1.38. The smallest absolute Gasteiger partial charge is 0.410 e. The largest absolute Gasteiger partial charge is 0.445 e. The SMILES string of the molecule is O=C(OCc1ccccc1)N1CCN2CC3CCCC3c3c(F)ccc(c32)C1. The fourth-order valence-corrected chi connectivity index (χ4v) is 5.19. The maximum absolute atomic E-state index is 14.8. The van der Waals surface area contributed by atoms with Gasteiger partial charge in [-0.05, 0) is 41.9 Å². The Bertz CT molecular complexity index is 886. The summed E-state index contributed by atoms with van der Waals surface area (Å²) in [5.41, 5.74) is 3.95. The average Bonchev–Trinajstić information content (AvgIpc) is 3.11. The molecule has 2 aromatic rings. The third kappa shape index (κ3) is 3.03. The van der Waals surface area contributed by atoms with Crippen molar-refractivity contribution in [2.24, 2.45) is 5.92 Å². The van der Waals surface area contributed by atoms with Crippen molar-refractivity contribution in [1.82, 2.24) is 4.90 Å². The summed E-state index contributed by atoms with van der Waals surface area (Å²) in [6.07, 6.45) is 3.13. The van der Waals surface area contributed by atoms with Crippen LogP contribution in [-0.2, 0) is 17.9 Å². The molecule has 1 fully saturated rings. The Morgan fingerprint density at radius 3 is 2.82 bits per heavy atom. The van der Waals surface area contributed by atoms with Crippen molar-refractivity contribution in [2.45, 2.75) is 38.3 Å². The van der Waals surface area contributed by atoms with Crippen LogP contribution < -0.4 is 4.90 Å². The van der Waals surface area contributed by atoms with E-state index < -0.39 is 0 Å². The zero-order chi connectivity index (χ0) is 19.1. The van der Waals surface area contributed by atoms with Crippen LogP contribution in [0.15, 0.2) is 42.5 Å². The van der Waals surface area contributed by atoms with Gasteiger partial charge in [0.2, 0.25) is 0 Å². The van der Waals surface area contributed by atoms with Crippen molar-refractivity contribution in [3.63, 3.8) is 0 Å². The van der Waals surface area contributed by atoms with Gasteiger partial charge in [0.25, 0.3) is 0 Å². The van der Waals surface area contributed by atoms with E-state index in [0.29, 0.717) is 24.9 Å². The molecule has 0 saturated heterocycles. The van der Waals surface area contributed by atoms with Crippen LogP contribution in [0, 0.1) is 11.7 Å². The standard InChI is InChI=1S/C23H25FN2O2/c24-20-10-9-18-14-26(23(27)28-15-16-5-2-1-3-6-16)12-11-25-13-17-7-4-8-19(17)21(20)22(18)25/h1-3,5-6,9-10,17,19H,4,7-8,11-15H2. The molecule has 2 atom stereocenters. The lowest BCUT2D eigenvalue weighted by Crippen LogP contribution is -2.40. The van der Waals surface area contributed by atoms with E-state index in [1.165, 1.54) is 12.8 Å². The molecule has 5 heteroatoms. The Kier molecular flexibility index (Phi) is 4.46. The summed E-state index contributed by atoms with van der Waals surface area (Å²) in [7, 11) is 0. The molecule has 0 N–H and O–H groups in total. The van der Waals surface area contributed by atoms with E-state index in [4.69, 9.17) is 4.74 Å². The van der Waals surface area contributed by atoms with E-state index >= 15 is 0 Å². The first-order valence-electron chi connectivity index (χ1n) is 10.2. The van der Waals surface area contributed by atoms with Crippen molar-refractivity contribution in [1.29, 1.82) is 0 Å².